The van der Waals surface area contributed by atoms with E-state index in [1.54, 1.807) is 18.2 Å². The highest BCUT2D eigenvalue weighted by atomic mass is 35.5. The SMILES string of the molecule is COC(=O)c1cccc(CS(=O)(=O)N(CCN)Cc2ccccc2)c1.Cl. The van der Waals surface area contributed by atoms with Crippen LogP contribution in [0.1, 0.15) is 21.5 Å². The number of sulfonamides is 1. The van der Waals surface area contributed by atoms with E-state index in [2.05, 4.69) is 4.74 Å². The first-order valence-corrected chi connectivity index (χ1v) is 9.46. The number of nitrogens with zero attached hydrogens (tertiary/aromatic N) is 1. The third-order valence-corrected chi connectivity index (χ3v) is 5.47. The molecule has 142 valence electrons. The van der Waals surface area contributed by atoms with E-state index in [1.165, 1.54) is 17.5 Å². The van der Waals surface area contributed by atoms with E-state index in [1.807, 2.05) is 30.3 Å². The van der Waals surface area contributed by atoms with Crippen molar-refractivity contribution in [2.45, 2.75) is 12.3 Å². The van der Waals surface area contributed by atoms with Gasteiger partial charge in [0.1, 0.15) is 0 Å². The molecule has 26 heavy (non-hydrogen) atoms. The summed E-state index contributed by atoms with van der Waals surface area (Å²) < 4.78 is 31.6. The van der Waals surface area contributed by atoms with Gasteiger partial charge >= 0.3 is 5.97 Å². The van der Waals surface area contributed by atoms with E-state index in [9.17, 15) is 13.2 Å². The van der Waals surface area contributed by atoms with Gasteiger partial charge in [0, 0.05) is 19.6 Å². The van der Waals surface area contributed by atoms with Gasteiger partial charge in [0.25, 0.3) is 0 Å². The summed E-state index contributed by atoms with van der Waals surface area (Å²) in [6, 6.07) is 15.8. The van der Waals surface area contributed by atoms with Gasteiger partial charge in [-0.3, -0.25) is 0 Å². The molecule has 6 nitrogen and oxygen atoms in total. The van der Waals surface area contributed by atoms with Crippen LogP contribution in [-0.4, -0.2) is 38.9 Å². The first-order chi connectivity index (χ1) is 12.0. The molecule has 2 aromatic carbocycles. The zero-order chi connectivity index (χ0) is 18.3. The highest BCUT2D eigenvalue weighted by Gasteiger charge is 2.22. The van der Waals surface area contributed by atoms with Gasteiger partial charge in [-0.05, 0) is 23.3 Å². The molecule has 0 aromatic heterocycles. The smallest absolute Gasteiger partial charge is 0.337 e. The minimum atomic E-state index is -3.58. The van der Waals surface area contributed by atoms with Crippen LogP contribution in [0.5, 0.6) is 0 Å². The Morgan fingerprint density at radius 1 is 1.08 bits per heavy atom. The minimum absolute atomic E-state index is 0. The van der Waals surface area contributed by atoms with E-state index in [0.29, 0.717) is 11.1 Å². The number of carbonyl (C=O) groups is 1. The quantitative estimate of drug-likeness (QED) is 0.688. The number of hydrogen-bond donors (Lipinski definition) is 1. The van der Waals surface area contributed by atoms with Crippen LogP contribution in [0.2, 0.25) is 0 Å². The second-order valence-electron chi connectivity index (χ2n) is 5.56. The third-order valence-electron chi connectivity index (χ3n) is 3.67. The Kier molecular flexibility index (Phi) is 8.74. The Bertz CT molecular complexity index is 813. The van der Waals surface area contributed by atoms with Crippen LogP contribution >= 0.6 is 12.4 Å². The van der Waals surface area contributed by atoms with Crippen LogP contribution in [0.25, 0.3) is 0 Å². The van der Waals surface area contributed by atoms with Crippen molar-refractivity contribution in [3.8, 4) is 0 Å². The summed E-state index contributed by atoms with van der Waals surface area (Å²) in [6.07, 6.45) is 0. The molecule has 0 saturated heterocycles. The number of nitrogens with two attached hydrogens (primary N) is 1. The zero-order valence-corrected chi connectivity index (χ0v) is 16.1. The predicted molar refractivity (Wildman–Crippen MR) is 104 cm³/mol. The minimum Gasteiger partial charge on any atom is -0.465 e. The molecule has 0 aliphatic carbocycles. The second kappa shape index (κ2) is 10.3. The molecule has 2 rings (SSSR count). The molecule has 0 fully saturated rings. The average molecular weight is 399 g/mol. The molecule has 0 aliphatic heterocycles. The fraction of sp³-hybridized carbons (Fsp3) is 0.278. The van der Waals surface area contributed by atoms with Gasteiger partial charge in [-0.25, -0.2) is 13.2 Å². The Morgan fingerprint density at radius 2 is 1.73 bits per heavy atom. The van der Waals surface area contributed by atoms with Gasteiger partial charge in [-0.2, -0.15) is 4.31 Å². The fourth-order valence-corrected chi connectivity index (χ4v) is 3.97. The molecule has 0 atom stereocenters. The van der Waals surface area contributed by atoms with Gasteiger partial charge in [-0.15, -0.1) is 12.4 Å². The number of ether oxygens (including phenoxy) is 1. The van der Waals surface area contributed by atoms with E-state index >= 15 is 0 Å². The Labute approximate surface area is 160 Å². The lowest BCUT2D eigenvalue weighted by molar-refractivity contribution is 0.0600. The highest BCUT2D eigenvalue weighted by Crippen LogP contribution is 2.16. The fourth-order valence-electron chi connectivity index (χ4n) is 2.46. The van der Waals surface area contributed by atoms with Crippen molar-refractivity contribution in [1.82, 2.24) is 4.31 Å². The molecule has 0 spiro atoms. The van der Waals surface area contributed by atoms with Crippen LogP contribution in [0, 0.1) is 0 Å². The van der Waals surface area contributed by atoms with Crippen molar-refractivity contribution in [3.63, 3.8) is 0 Å². The van der Waals surface area contributed by atoms with Crippen molar-refractivity contribution in [3.05, 3.63) is 71.3 Å². The lowest BCUT2D eigenvalue weighted by Gasteiger charge is -2.22. The third kappa shape index (κ3) is 6.10. The number of carbonyl (C=O) groups excluding carboxylic acids is 1. The predicted octanol–water partition coefficient (Wildman–Crippen LogP) is 2.19. The second-order valence-corrected chi connectivity index (χ2v) is 7.52. The first kappa shape index (κ1) is 22.1. The number of halogens is 1. The van der Waals surface area contributed by atoms with Gasteiger partial charge < -0.3 is 10.5 Å². The standard InChI is InChI=1S/C18H22N2O4S.ClH/c1-24-18(21)17-9-5-8-16(12-17)14-25(22,23)20(11-10-19)13-15-6-3-2-4-7-15;/h2-9,12H,10-11,13-14,19H2,1H3;1H. The summed E-state index contributed by atoms with van der Waals surface area (Å²) in [5.74, 6) is -0.702. The Hall–Kier alpha value is -1.93. The van der Waals surface area contributed by atoms with Crippen molar-refractivity contribution >= 4 is 28.4 Å². The zero-order valence-electron chi connectivity index (χ0n) is 14.5. The van der Waals surface area contributed by atoms with Crippen LogP contribution in [0.15, 0.2) is 54.6 Å². The molecule has 0 radical (unpaired) electrons. The number of methoxy groups -OCH3 is 1. The average Bonchev–Trinajstić information content (AvgIpc) is 2.61. The topological polar surface area (TPSA) is 89.7 Å². The molecule has 0 amide bonds. The van der Waals surface area contributed by atoms with Gasteiger partial charge in [-0.1, -0.05) is 42.5 Å². The van der Waals surface area contributed by atoms with E-state index in [4.69, 9.17) is 5.73 Å². The molecule has 8 heteroatoms. The van der Waals surface area contributed by atoms with E-state index in [0.717, 1.165) is 5.56 Å². The molecule has 0 bridgehead atoms. The summed E-state index contributed by atoms with van der Waals surface area (Å²) in [5, 5.41) is 0. The molecule has 2 N–H and O–H groups in total. The number of esters is 1. The van der Waals surface area contributed by atoms with E-state index in [-0.39, 0.29) is 37.8 Å². The van der Waals surface area contributed by atoms with Gasteiger partial charge in [0.15, 0.2) is 0 Å². The number of benzene rings is 2. The summed E-state index contributed by atoms with van der Waals surface area (Å²) in [6.45, 7) is 0.721. The lowest BCUT2D eigenvalue weighted by Crippen LogP contribution is -2.35. The van der Waals surface area contributed by atoms with Gasteiger partial charge in [0.05, 0.1) is 18.4 Å². The number of rotatable bonds is 8. The van der Waals surface area contributed by atoms with Crippen molar-refractivity contribution < 1.29 is 17.9 Å². The Balaban J connectivity index is 0.00000338. The maximum Gasteiger partial charge on any atom is 0.337 e. The van der Waals surface area contributed by atoms with Gasteiger partial charge in [0.2, 0.25) is 10.0 Å². The summed E-state index contributed by atoms with van der Waals surface area (Å²) >= 11 is 0. The maximum absolute atomic E-state index is 12.8. The molecule has 0 unspecified atom stereocenters. The molecule has 0 heterocycles. The molecule has 2 aromatic rings. The largest absolute Gasteiger partial charge is 0.465 e. The normalized spacial score (nSPS) is 11.0. The number of hydrogen-bond acceptors (Lipinski definition) is 5. The maximum atomic E-state index is 12.8. The van der Waals surface area contributed by atoms with E-state index < -0.39 is 16.0 Å². The summed E-state index contributed by atoms with van der Waals surface area (Å²) in [5.41, 5.74) is 7.33. The molecular formula is C18H23ClN2O4S. The molecular weight excluding hydrogens is 376 g/mol. The first-order valence-electron chi connectivity index (χ1n) is 7.85. The van der Waals surface area contributed by atoms with Crippen LogP contribution in [0.3, 0.4) is 0 Å². The lowest BCUT2D eigenvalue weighted by atomic mass is 10.1. The summed E-state index contributed by atoms with van der Waals surface area (Å²) in [7, 11) is -2.30. The molecule has 0 saturated carbocycles. The summed E-state index contributed by atoms with van der Waals surface area (Å²) in [4.78, 5) is 11.6. The van der Waals surface area contributed by atoms with Crippen LogP contribution in [-0.2, 0) is 27.1 Å². The van der Waals surface area contributed by atoms with Crippen molar-refractivity contribution in [1.29, 1.82) is 0 Å². The van der Waals surface area contributed by atoms with Crippen molar-refractivity contribution in [2.75, 3.05) is 20.2 Å². The van der Waals surface area contributed by atoms with Crippen LogP contribution in [0.4, 0.5) is 0 Å². The monoisotopic (exact) mass is 398 g/mol. The molecule has 0 aliphatic rings. The van der Waals surface area contributed by atoms with Crippen LogP contribution < -0.4 is 5.73 Å². The Morgan fingerprint density at radius 3 is 2.35 bits per heavy atom. The van der Waals surface area contributed by atoms with Crippen molar-refractivity contribution in [2.24, 2.45) is 5.73 Å². The highest BCUT2D eigenvalue weighted by molar-refractivity contribution is 7.88.